The van der Waals surface area contributed by atoms with Crippen LogP contribution in [0.25, 0.3) is 0 Å². The van der Waals surface area contributed by atoms with Crippen LogP contribution in [0.4, 0.5) is 4.39 Å². The molecule has 0 unspecified atom stereocenters. The van der Waals surface area contributed by atoms with Gasteiger partial charge < -0.3 is 10.1 Å². The third kappa shape index (κ3) is 3.95. The van der Waals surface area contributed by atoms with Gasteiger partial charge in [0.1, 0.15) is 17.2 Å². The van der Waals surface area contributed by atoms with Crippen LogP contribution < -0.4 is 10.1 Å². The Balaban J connectivity index is 1.97. The molecule has 112 valence electrons. The summed E-state index contributed by atoms with van der Waals surface area (Å²) in [5.74, 6) is 0.619. The van der Waals surface area contributed by atoms with E-state index >= 15 is 0 Å². The first-order chi connectivity index (χ1) is 9.30. The Morgan fingerprint density at radius 2 is 2.00 bits per heavy atom. The Kier molecular flexibility index (Phi) is 4.38. The van der Waals surface area contributed by atoms with Crippen molar-refractivity contribution in [3.8, 4) is 5.75 Å². The maximum Gasteiger partial charge on any atom is 0.123 e. The van der Waals surface area contributed by atoms with Crippen molar-refractivity contribution < 1.29 is 9.13 Å². The highest BCUT2D eigenvalue weighted by molar-refractivity contribution is 5.33. The summed E-state index contributed by atoms with van der Waals surface area (Å²) in [7, 11) is 0. The van der Waals surface area contributed by atoms with Gasteiger partial charge in [-0.2, -0.15) is 0 Å². The van der Waals surface area contributed by atoms with Crippen molar-refractivity contribution in [1.82, 2.24) is 5.32 Å². The van der Waals surface area contributed by atoms with Gasteiger partial charge in [-0.25, -0.2) is 4.39 Å². The molecule has 0 radical (unpaired) electrons. The van der Waals surface area contributed by atoms with Crippen LogP contribution in [0.5, 0.6) is 5.75 Å². The summed E-state index contributed by atoms with van der Waals surface area (Å²) < 4.78 is 19.4. The summed E-state index contributed by atoms with van der Waals surface area (Å²) in [6, 6.07) is 4.76. The fraction of sp³-hybridized carbons (Fsp3) is 0.647. The first-order valence-electron chi connectivity index (χ1n) is 7.50. The molecule has 0 saturated heterocycles. The smallest absolute Gasteiger partial charge is 0.123 e. The second-order valence-corrected chi connectivity index (χ2v) is 6.98. The summed E-state index contributed by atoms with van der Waals surface area (Å²) in [6.45, 7) is 9.37. The largest absolute Gasteiger partial charge is 0.487 e. The minimum Gasteiger partial charge on any atom is -0.487 e. The molecule has 0 aliphatic heterocycles. The number of ether oxygens (including phenoxy) is 1. The van der Waals surface area contributed by atoms with Gasteiger partial charge in [0, 0.05) is 5.54 Å². The number of aryl methyl sites for hydroxylation is 1. The highest BCUT2D eigenvalue weighted by Crippen LogP contribution is 2.40. The summed E-state index contributed by atoms with van der Waals surface area (Å²) in [5, 5.41) is 3.52. The zero-order valence-electron chi connectivity index (χ0n) is 13.1. The number of hydrogen-bond acceptors (Lipinski definition) is 2. The van der Waals surface area contributed by atoms with Crippen LogP contribution in [0.1, 0.15) is 52.0 Å². The summed E-state index contributed by atoms with van der Waals surface area (Å²) in [6.07, 6.45) is 4.40. The van der Waals surface area contributed by atoms with Crippen LogP contribution in [-0.4, -0.2) is 17.7 Å². The summed E-state index contributed by atoms with van der Waals surface area (Å²) >= 11 is 0. The molecule has 0 amide bonds. The second-order valence-electron chi connectivity index (χ2n) is 6.98. The van der Waals surface area contributed by atoms with E-state index in [4.69, 9.17) is 4.74 Å². The minimum absolute atomic E-state index is 0.0547. The van der Waals surface area contributed by atoms with Gasteiger partial charge >= 0.3 is 0 Å². The molecule has 1 fully saturated rings. The number of hydrogen-bond donors (Lipinski definition) is 1. The lowest BCUT2D eigenvalue weighted by Crippen LogP contribution is -2.47. The van der Waals surface area contributed by atoms with Crippen LogP contribution >= 0.6 is 0 Å². The fourth-order valence-corrected chi connectivity index (χ4v) is 2.60. The van der Waals surface area contributed by atoms with E-state index in [1.807, 2.05) is 6.92 Å². The molecule has 0 heterocycles. The highest BCUT2D eigenvalue weighted by atomic mass is 19.1. The zero-order valence-corrected chi connectivity index (χ0v) is 13.1. The molecule has 1 saturated carbocycles. The standard InChI is InChI=1S/C17H26FNO/c1-13-12-14(18)6-7-15(13)20-17(8-5-9-17)10-11-19-16(2,3)4/h6-7,12,19H,5,8-11H2,1-4H3. The van der Waals surface area contributed by atoms with Crippen molar-refractivity contribution in [3.63, 3.8) is 0 Å². The Bertz CT molecular complexity index is 461. The lowest BCUT2D eigenvalue weighted by atomic mass is 9.77. The van der Waals surface area contributed by atoms with Crippen molar-refractivity contribution in [3.05, 3.63) is 29.6 Å². The van der Waals surface area contributed by atoms with Crippen LogP contribution in [0.15, 0.2) is 18.2 Å². The van der Waals surface area contributed by atoms with Gasteiger partial charge in [0.25, 0.3) is 0 Å². The van der Waals surface area contributed by atoms with E-state index in [1.54, 1.807) is 6.07 Å². The average molecular weight is 279 g/mol. The number of halogens is 1. The van der Waals surface area contributed by atoms with Gasteiger partial charge in [-0.05, 0) is 83.7 Å². The summed E-state index contributed by atoms with van der Waals surface area (Å²) in [4.78, 5) is 0. The van der Waals surface area contributed by atoms with Gasteiger partial charge in [0.2, 0.25) is 0 Å². The molecular formula is C17H26FNO. The maximum absolute atomic E-state index is 13.1. The third-order valence-corrected chi connectivity index (χ3v) is 3.96. The van der Waals surface area contributed by atoms with Crippen molar-refractivity contribution in [2.75, 3.05) is 6.54 Å². The van der Waals surface area contributed by atoms with Crippen LogP contribution in [0, 0.1) is 12.7 Å². The van der Waals surface area contributed by atoms with Crippen LogP contribution in [0.3, 0.4) is 0 Å². The predicted octanol–water partition coefficient (Wildman–Crippen LogP) is 4.21. The Labute approximate surface area is 121 Å². The molecule has 1 aromatic carbocycles. The summed E-state index contributed by atoms with van der Waals surface area (Å²) in [5.41, 5.74) is 0.956. The number of benzene rings is 1. The molecule has 2 rings (SSSR count). The molecule has 0 atom stereocenters. The topological polar surface area (TPSA) is 21.3 Å². The van der Waals surface area contributed by atoms with Crippen molar-refractivity contribution >= 4 is 0 Å². The number of nitrogens with one attached hydrogen (secondary N) is 1. The molecule has 3 heteroatoms. The minimum atomic E-state index is -0.202. The second kappa shape index (κ2) is 5.72. The number of rotatable bonds is 5. The normalized spacial score (nSPS) is 17.6. The Morgan fingerprint density at radius 1 is 1.30 bits per heavy atom. The molecule has 0 aromatic heterocycles. The van der Waals surface area contributed by atoms with E-state index in [1.165, 1.54) is 18.6 Å². The highest BCUT2D eigenvalue weighted by Gasteiger charge is 2.39. The predicted molar refractivity (Wildman–Crippen MR) is 80.7 cm³/mol. The molecule has 1 N–H and O–H groups in total. The molecule has 20 heavy (non-hydrogen) atoms. The van der Waals surface area contributed by atoms with E-state index in [-0.39, 0.29) is 17.0 Å². The first kappa shape index (κ1) is 15.3. The van der Waals surface area contributed by atoms with Crippen molar-refractivity contribution in [2.24, 2.45) is 0 Å². The Hall–Kier alpha value is -1.09. The molecule has 2 nitrogen and oxygen atoms in total. The fourth-order valence-electron chi connectivity index (χ4n) is 2.60. The molecular weight excluding hydrogens is 253 g/mol. The van der Waals surface area contributed by atoms with Gasteiger partial charge in [0.15, 0.2) is 0 Å². The van der Waals surface area contributed by atoms with Gasteiger partial charge in [-0.3, -0.25) is 0 Å². The van der Waals surface area contributed by atoms with E-state index in [2.05, 4.69) is 26.1 Å². The van der Waals surface area contributed by atoms with E-state index in [0.717, 1.165) is 37.1 Å². The van der Waals surface area contributed by atoms with Crippen LogP contribution in [-0.2, 0) is 0 Å². The van der Waals surface area contributed by atoms with Crippen LogP contribution in [0.2, 0.25) is 0 Å². The SMILES string of the molecule is Cc1cc(F)ccc1OC1(CCNC(C)(C)C)CCC1. The maximum atomic E-state index is 13.1. The van der Waals surface area contributed by atoms with E-state index < -0.39 is 0 Å². The first-order valence-corrected chi connectivity index (χ1v) is 7.50. The molecule has 1 aromatic rings. The van der Waals surface area contributed by atoms with E-state index in [0.29, 0.717) is 0 Å². The lowest BCUT2D eigenvalue weighted by Gasteiger charge is -2.43. The van der Waals surface area contributed by atoms with Gasteiger partial charge in [0.05, 0.1) is 0 Å². The van der Waals surface area contributed by atoms with Crippen molar-refractivity contribution in [1.29, 1.82) is 0 Å². The van der Waals surface area contributed by atoms with Crippen molar-refractivity contribution in [2.45, 2.75) is 64.5 Å². The Morgan fingerprint density at radius 3 is 2.50 bits per heavy atom. The van der Waals surface area contributed by atoms with Gasteiger partial charge in [-0.15, -0.1) is 0 Å². The molecule has 0 spiro atoms. The monoisotopic (exact) mass is 279 g/mol. The third-order valence-electron chi connectivity index (χ3n) is 3.96. The molecule has 1 aliphatic carbocycles. The quantitative estimate of drug-likeness (QED) is 0.871. The molecule has 1 aliphatic rings. The van der Waals surface area contributed by atoms with E-state index in [9.17, 15) is 4.39 Å². The lowest BCUT2D eigenvalue weighted by molar-refractivity contribution is -0.0158. The molecule has 0 bridgehead atoms. The zero-order chi connectivity index (χ0) is 14.8. The van der Waals surface area contributed by atoms with Gasteiger partial charge in [-0.1, -0.05) is 0 Å². The average Bonchev–Trinajstić information content (AvgIpc) is 2.27.